The fraction of sp³-hybridized carbons (Fsp3) is 0.160. The molecule has 174 valence electrons. The first-order valence-electron chi connectivity index (χ1n) is 10.4. The molecule has 0 fully saturated rings. The first-order chi connectivity index (χ1) is 16.2. The number of carbonyl (C=O) groups excluding carboxylic acids is 3. The number of hydrogen-bond acceptors (Lipinski definition) is 7. The standard InChI is InChI=1S/C25H23N3O6/c1-16(29)19-8-10-20(11-9-19)27-24(30)17(2)34-25(31)22-14-21(28(32)33)12-13-23(22)26-15-18-6-4-3-5-7-18/h3-14,17,26H,15H2,1-2H3,(H,27,30). The average Bonchev–Trinajstić information content (AvgIpc) is 2.83. The largest absolute Gasteiger partial charge is 0.449 e. The van der Waals surface area contributed by atoms with E-state index in [1.165, 1.54) is 26.0 Å². The molecule has 2 N–H and O–H groups in total. The third-order valence-corrected chi connectivity index (χ3v) is 4.97. The number of amides is 1. The molecule has 3 rings (SSSR count). The molecule has 9 heteroatoms. The van der Waals surface area contributed by atoms with Gasteiger partial charge in [-0.15, -0.1) is 0 Å². The number of ether oxygens (including phenoxy) is 1. The van der Waals surface area contributed by atoms with Crippen molar-refractivity contribution >= 4 is 34.7 Å². The van der Waals surface area contributed by atoms with E-state index in [4.69, 9.17) is 4.74 Å². The summed E-state index contributed by atoms with van der Waals surface area (Å²) in [4.78, 5) is 47.3. The fourth-order valence-electron chi connectivity index (χ4n) is 3.07. The van der Waals surface area contributed by atoms with Crippen LogP contribution < -0.4 is 10.6 Å². The van der Waals surface area contributed by atoms with Crippen molar-refractivity contribution in [1.82, 2.24) is 0 Å². The van der Waals surface area contributed by atoms with Crippen molar-refractivity contribution in [1.29, 1.82) is 0 Å². The van der Waals surface area contributed by atoms with Gasteiger partial charge < -0.3 is 15.4 Å². The minimum atomic E-state index is -1.18. The predicted octanol–water partition coefficient (Wildman–Crippen LogP) is 4.59. The van der Waals surface area contributed by atoms with Crippen molar-refractivity contribution in [2.45, 2.75) is 26.5 Å². The number of non-ortho nitro benzene ring substituents is 1. The molecule has 1 atom stereocenters. The van der Waals surface area contributed by atoms with Crippen molar-refractivity contribution in [3.05, 3.63) is 99.6 Å². The lowest BCUT2D eigenvalue weighted by Crippen LogP contribution is -2.30. The van der Waals surface area contributed by atoms with Gasteiger partial charge in [0.05, 0.1) is 10.5 Å². The third-order valence-electron chi connectivity index (χ3n) is 4.97. The van der Waals surface area contributed by atoms with Crippen LogP contribution in [0.5, 0.6) is 0 Å². The van der Waals surface area contributed by atoms with Gasteiger partial charge in [0.1, 0.15) is 0 Å². The van der Waals surface area contributed by atoms with Gasteiger partial charge in [-0.3, -0.25) is 19.7 Å². The zero-order valence-electron chi connectivity index (χ0n) is 18.6. The Morgan fingerprint density at radius 2 is 1.68 bits per heavy atom. The van der Waals surface area contributed by atoms with E-state index >= 15 is 0 Å². The molecule has 0 bridgehead atoms. The van der Waals surface area contributed by atoms with Crippen LogP contribution >= 0.6 is 0 Å². The minimum Gasteiger partial charge on any atom is -0.449 e. The third kappa shape index (κ3) is 6.26. The van der Waals surface area contributed by atoms with Gasteiger partial charge in [-0.1, -0.05) is 30.3 Å². The lowest BCUT2D eigenvalue weighted by Gasteiger charge is -2.16. The van der Waals surface area contributed by atoms with Crippen molar-refractivity contribution in [2.24, 2.45) is 0 Å². The summed E-state index contributed by atoms with van der Waals surface area (Å²) in [5, 5.41) is 16.9. The number of ketones is 1. The average molecular weight is 461 g/mol. The molecule has 9 nitrogen and oxygen atoms in total. The van der Waals surface area contributed by atoms with Gasteiger partial charge >= 0.3 is 5.97 Å². The molecular formula is C25H23N3O6. The van der Waals surface area contributed by atoms with E-state index in [0.717, 1.165) is 11.6 Å². The van der Waals surface area contributed by atoms with Gasteiger partial charge in [0.2, 0.25) is 0 Å². The lowest BCUT2D eigenvalue weighted by atomic mass is 10.1. The summed E-state index contributed by atoms with van der Waals surface area (Å²) in [7, 11) is 0. The highest BCUT2D eigenvalue weighted by Crippen LogP contribution is 2.24. The van der Waals surface area contributed by atoms with E-state index < -0.39 is 22.9 Å². The van der Waals surface area contributed by atoms with E-state index in [1.54, 1.807) is 24.3 Å². The number of esters is 1. The number of Topliss-reactive ketones (excluding diaryl/α,β-unsaturated/α-hetero) is 1. The first-order valence-corrected chi connectivity index (χ1v) is 10.4. The molecule has 0 saturated heterocycles. The van der Waals surface area contributed by atoms with Crippen molar-refractivity contribution in [2.75, 3.05) is 10.6 Å². The highest BCUT2D eigenvalue weighted by atomic mass is 16.6. The summed E-state index contributed by atoms with van der Waals surface area (Å²) < 4.78 is 5.29. The molecule has 3 aromatic carbocycles. The Labute approximate surface area is 195 Å². The number of nitrogens with one attached hydrogen (secondary N) is 2. The monoisotopic (exact) mass is 461 g/mol. The van der Waals surface area contributed by atoms with Crippen molar-refractivity contribution in [3.8, 4) is 0 Å². The summed E-state index contributed by atoms with van der Waals surface area (Å²) in [6.45, 7) is 3.21. The lowest BCUT2D eigenvalue weighted by molar-refractivity contribution is -0.384. The Morgan fingerprint density at radius 1 is 1.00 bits per heavy atom. The number of anilines is 2. The van der Waals surface area contributed by atoms with Crippen LogP contribution in [0, 0.1) is 10.1 Å². The van der Waals surface area contributed by atoms with E-state index in [2.05, 4.69) is 10.6 Å². The Kier molecular flexibility index (Phi) is 7.71. The maximum Gasteiger partial charge on any atom is 0.341 e. The summed E-state index contributed by atoms with van der Waals surface area (Å²) in [5.41, 5.74) is 1.88. The van der Waals surface area contributed by atoms with E-state index in [0.29, 0.717) is 23.5 Å². The van der Waals surface area contributed by atoms with Gasteiger partial charge in [-0.2, -0.15) is 0 Å². The van der Waals surface area contributed by atoms with Crippen LogP contribution in [0.15, 0.2) is 72.8 Å². The van der Waals surface area contributed by atoms with Crippen molar-refractivity contribution < 1.29 is 24.0 Å². The van der Waals surface area contributed by atoms with Gasteiger partial charge in [-0.05, 0) is 49.7 Å². The molecule has 0 heterocycles. The molecule has 3 aromatic rings. The highest BCUT2D eigenvalue weighted by molar-refractivity contribution is 6.00. The zero-order valence-corrected chi connectivity index (χ0v) is 18.6. The van der Waals surface area contributed by atoms with Gasteiger partial charge in [0.25, 0.3) is 11.6 Å². The maximum absolute atomic E-state index is 12.8. The number of hydrogen-bond donors (Lipinski definition) is 2. The fourth-order valence-corrected chi connectivity index (χ4v) is 3.07. The molecule has 0 aliphatic rings. The second-order valence-electron chi connectivity index (χ2n) is 7.50. The topological polar surface area (TPSA) is 128 Å². The van der Waals surface area contributed by atoms with Crippen LogP contribution in [0.1, 0.15) is 40.1 Å². The van der Waals surface area contributed by atoms with Gasteiger partial charge in [0, 0.05) is 35.6 Å². The smallest absolute Gasteiger partial charge is 0.341 e. The van der Waals surface area contributed by atoms with Crippen LogP contribution in [-0.2, 0) is 16.1 Å². The molecule has 0 saturated carbocycles. The quantitative estimate of drug-likeness (QED) is 0.206. The van der Waals surface area contributed by atoms with Crippen LogP contribution in [0.3, 0.4) is 0 Å². The van der Waals surface area contributed by atoms with Crippen LogP contribution in [-0.4, -0.2) is 28.7 Å². The molecule has 0 aliphatic heterocycles. The molecule has 1 unspecified atom stereocenters. The summed E-state index contributed by atoms with van der Waals surface area (Å²) >= 11 is 0. The number of nitro groups is 1. The number of nitrogens with zero attached hydrogens (tertiary/aromatic N) is 1. The van der Waals surface area contributed by atoms with Gasteiger partial charge in [0.15, 0.2) is 11.9 Å². The van der Waals surface area contributed by atoms with Crippen LogP contribution in [0.2, 0.25) is 0 Å². The van der Waals surface area contributed by atoms with Gasteiger partial charge in [-0.25, -0.2) is 4.79 Å². The number of rotatable bonds is 9. The Bertz CT molecular complexity index is 1210. The van der Waals surface area contributed by atoms with Crippen LogP contribution in [0.4, 0.5) is 17.1 Å². The molecular weight excluding hydrogens is 438 g/mol. The zero-order chi connectivity index (χ0) is 24.7. The Morgan fingerprint density at radius 3 is 2.29 bits per heavy atom. The Hall–Kier alpha value is -4.53. The molecule has 0 radical (unpaired) electrons. The Balaban J connectivity index is 1.72. The molecule has 1 amide bonds. The normalized spacial score (nSPS) is 11.2. The number of carbonyl (C=O) groups is 3. The summed E-state index contributed by atoms with van der Waals surface area (Å²) in [6.07, 6.45) is -1.18. The molecule has 0 aliphatic carbocycles. The highest BCUT2D eigenvalue weighted by Gasteiger charge is 2.23. The molecule has 0 spiro atoms. The second-order valence-corrected chi connectivity index (χ2v) is 7.50. The first kappa shape index (κ1) is 24.1. The van der Waals surface area contributed by atoms with Crippen molar-refractivity contribution in [3.63, 3.8) is 0 Å². The SMILES string of the molecule is CC(=O)c1ccc(NC(=O)C(C)OC(=O)c2cc([N+](=O)[O-])ccc2NCc2ccccc2)cc1. The van der Waals surface area contributed by atoms with E-state index in [-0.39, 0.29) is 17.0 Å². The second kappa shape index (κ2) is 10.9. The van der Waals surface area contributed by atoms with E-state index in [9.17, 15) is 24.5 Å². The molecule has 0 aromatic heterocycles. The number of nitro benzene ring substituents is 1. The summed E-state index contributed by atoms with van der Waals surface area (Å²) in [6, 6.07) is 19.5. The predicted molar refractivity (Wildman–Crippen MR) is 127 cm³/mol. The van der Waals surface area contributed by atoms with E-state index in [1.807, 2.05) is 30.3 Å². The number of benzene rings is 3. The minimum absolute atomic E-state index is 0.0596. The maximum atomic E-state index is 12.8. The molecule has 34 heavy (non-hydrogen) atoms. The van der Waals surface area contributed by atoms with Crippen LogP contribution in [0.25, 0.3) is 0 Å². The summed E-state index contributed by atoms with van der Waals surface area (Å²) in [5.74, 6) is -1.57.